The summed E-state index contributed by atoms with van der Waals surface area (Å²) in [6.45, 7) is 5.92. The summed E-state index contributed by atoms with van der Waals surface area (Å²) in [5.41, 5.74) is 5.58. The maximum Gasteiger partial charge on any atom is 0.119 e. The Bertz CT molecular complexity index is 621. The molecular formula is C19H23NO. The van der Waals surface area contributed by atoms with Gasteiger partial charge in [-0.2, -0.15) is 0 Å². The number of nitrogens with one attached hydrogen (secondary N) is 1. The molecule has 3 rings (SSSR count). The van der Waals surface area contributed by atoms with Crippen molar-refractivity contribution in [2.75, 3.05) is 13.2 Å². The van der Waals surface area contributed by atoms with Crippen LogP contribution in [0.1, 0.15) is 37.4 Å². The lowest BCUT2D eigenvalue weighted by atomic mass is 9.96. The van der Waals surface area contributed by atoms with Crippen molar-refractivity contribution in [1.29, 1.82) is 0 Å². The van der Waals surface area contributed by atoms with Crippen LogP contribution < -0.4 is 10.1 Å². The molecule has 110 valence electrons. The van der Waals surface area contributed by atoms with E-state index in [9.17, 15) is 0 Å². The molecule has 1 N–H and O–H groups in total. The topological polar surface area (TPSA) is 21.3 Å². The minimum atomic E-state index is 0.514. The molecule has 0 spiro atoms. The van der Waals surface area contributed by atoms with Crippen molar-refractivity contribution in [2.45, 2.75) is 32.7 Å². The summed E-state index contributed by atoms with van der Waals surface area (Å²) in [5, 5.41) is 3.59. The fraction of sp³-hybridized carbons (Fsp3) is 0.368. The van der Waals surface area contributed by atoms with Gasteiger partial charge in [-0.25, -0.2) is 0 Å². The minimum Gasteiger partial charge on any atom is -0.494 e. The Balaban J connectivity index is 1.99. The molecule has 2 aromatic rings. The average molecular weight is 281 g/mol. The highest BCUT2D eigenvalue weighted by molar-refractivity contribution is 5.71. The Labute approximate surface area is 127 Å². The summed E-state index contributed by atoms with van der Waals surface area (Å²) < 4.78 is 5.63. The zero-order valence-electron chi connectivity index (χ0n) is 12.9. The fourth-order valence-corrected chi connectivity index (χ4v) is 3.30. The Morgan fingerprint density at radius 1 is 1.14 bits per heavy atom. The van der Waals surface area contributed by atoms with Gasteiger partial charge in [0.25, 0.3) is 0 Å². The largest absolute Gasteiger partial charge is 0.494 e. The van der Waals surface area contributed by atoms with E-state index in [1.807, 2.05) is 13.0 Å². The predicted octanol–water partition coefficient (Wildman–Crippen LogP) is 4.35. The quantitative estimate of drug-likeness (QED) is 0.879. The van der Waals surface area contributed by atoms with Gasteiger partial charge in [-0.1, -0.05) is 37.3 Å². The third kappa shape index (κ3) is 2.81. The summed E-state index contributed by atoms with van der Waals surface area (Å²) in [5.74, 6) is 0.953. The second-order valence-electron chi connectivity index (χ2n) is 5.48. The molecule has 0 heterocycles. The number of rotatable bonds is 5. The van der Waals surface area contributed by atoms with E-state index in [-0.39, 0.29) is 0 Å². The molecule has 1 unspecified atom stereocenters. The van der Waals surface area contributed by atoms with Gasteiger partial charge >= 0.3 is 0 Å². The van der Waals surface area contributed by atoms with Gasteiger partial charge in [0.15, 0.2) is 0 Å². The molecule has 1 atom stereocenters. The summed E-state index contributed by atoms with van der Waals surface area (Å²) in [4.78, 5) is 0. The molecule has 0 amide bonds. The van der Waals surface area contributed by atoms with Crippen LogP contribution >= 0.6 is 0 Å². The molecule has 21 heavy (non-hydrogen) atoms. The van der Waals surface area contributed by atoms with Crippen molar-refractivity contribution in [2.24, 2.45) is 0 Å². The van der Waals surface area contributed by atoms with Crippen molar-refractivity contribution < 1.29 is 4.74 Å². The van der Waals surface area contributed by atoms with Gasteiger partial charge in [0.1, 0.15) is 5.75 Å². The lowest BCUT2D eigenvalue weighted by Gasteiger charge is -2.14. The molecule has 2 heteroatoms. The molecule has 0 saturated heterocycles. The standard InChI is InChI=1S/C19H23NO/c1-3-20-19-12-11-17-16(9-6-10-18(17)19)14-7-5-8-15(13-14)21-4-2/h5-10,13,19-20H,3-4,11-12H2,1-2H3. The highest BCUT2D eigenvalue weighted by Crippen LogP contribution is 2.38. The Morgan fingerprint density at radius 3 is 2.81 bits per heavy atom. The Hall–Kier alpha value is -1.80. The summed E-state index contributed by atoms with van der Waals surface area (Å²) in [6.07, 6.45) is 2.35. The monoisotopic (exact) mass is 281 g/mol. The zero-order chi connectivity index (χ0) is 14.7. The van der Waals surface area contributed by atoms with Crippen molar-refractivity contribution in [3.05, 3.63) is 53.6 Å². The van der Waals surface area contributed by atoms with E-state index in [0.717, 1.165) is 18.7 Å². The Kier molecular flexibility index (Phi) is 4.26. The highest BCUT2D eigenvalue weighted by atomic mass is 16.5. The molecule has 0 bridgehead atoms. The molecule has 1 aliphatic carbocycles. The van der Waals surface area contributed by atoms with E-state index in [0.29, 0.717) is 12.6 Å². The zero-order valence-corrected chi connectivity index (χ0v) is 12.9. The predicted molar refractivity (Wildman–Crippen MR) is 87.8 cm³/mol. The van der Waals surface area contributed by atoms with Crippen LogP contribution in [0.25, 0.3) is 11.1 Å². The van der Waals surface area contributed by atoms with E-state index in [2.05, 4.69) is 48.6 Å². The molecule has 2 nitrogen and oxygen atoms in total. The first-order valence-electron chi connectivity index (χ1n) is 7.92. The number of ether oxygens (including phenoxy) is 1. The van der Waals surface area contributed by atoms with Crippen LogP contribution in [0.15, 0.2) is 42.5 Å². The first-order valence-corrected chi connectivity index (χ1v) is 7.92. The summed E-state index contributed by atoms with van der Waals surface area (Å²) >= 11 is 0. The lowest BCUT2D eigenvalue weighted by Crippen LogP contribution is -2.18. The van der Waals surface area contributed by atoms with E-state index in [1.165, 1.54) is 28.7 Å². The van der Waals surface area contributed by atoms with Crippen molar-refractivity contribution in [3.63, 3.8) is 0 Å². The Morgan fingerprint density at radius 2 is 2.00 bits per heavy atom. The summed E-state index contributed by atoms with van der Waals surface area (Å²) in [6, 6.07) is 15.6. The molecular weight excluding hydrogens is 258 g/mol. The van der Waals surface area contributed by atoms with Gasteiger partial charge in [-0.3, -0.25) is 0 Å². The maximum atomic E-state index is 5.63. The lowest BCUT2D eigenvalue weighted by molar-refractivity contribution is 0.340. The molecule has 2 aromatic carbocycles. The van der Waals surface area contributed by atoms with Crippen LogP contribution in [0.5, 0.6) is 5.75 Å². The number of benzene rings is 2. The van der Waals surface area contributed by atoms with Crippen LogP contribution in [0, 0.1) is 0 Å². The second kappa shape index (κ2) is 6.31. The molecule has 0 aromatic heterocycles. The van der Waals surface area contributed by atoms with Gasteiger partial charge in [0.2, 0.25) is 0 Å². The summed E-state index contributed by atoms with van der Waals surface area (Å²) in [7, 11) is 0. The number of hydrogen-bond donors (Lipinski definition) is 1. The normalized spacial score (nSPS) is 16.8. The number of fused-ring (bicyclic) bond motifs is 1. The molecule has 0 radical (unpaired) electrons. The third-order valence-electron chi connectivity index (χ3n) is 4.18. The molecule has 0 saturated carbocycles. The van der Waals surface area contributed by atoms with Crippen LogP contribution in [-0.4, -0.2) is 13.2 Å². The van der Waals surface area contributed by atoms with Crippen molar-refractivity contribution >= 4 is 0 Å². The first kappa shape index (κ1) is 14.2. The van der Waals surface area contributed by atoms with Gasteiger partial charge < -0.3 is 10.1 Å². The number of hydrogen-bond acceptors (Lipinski definition) is 2. The SMILES string of the molecule is CCNC1CCc2c(-c3cccc(OCC)c3)cccc21. The van der Waals surface area contributed by atoms with Gasteiger partial charge in [0.05, 0.1) is 6.61 Å². The van der Waals surface area contributed by atoms with Gasteiger partial charge in [0, 0.05) is 6.04 Å². The van der Waals surface area contributed by atoms with E-state index in [1.54, 1.807) is 0 Å². The van der Waals surface area contributed by atoms with Crippen LogP contribution in [0.3, 0.4) is 0 Å². The molecule has 0 aliphatic heterocycles. The molecule has 1 aliphatic rings. The fourth-order valence-electron chi connectivity index (χ4n) is 3.30. The van der Waals surface area contributed by atoms with Gasteiger partial charge in [-0.05, 0) is 60.7 Å². The maximum absolute atomic E-state index is 5.63. The van der Waals surface area contributed by atoms with Crippen molar-refractivity contribution in [1.82, 2.24) is 5.32 Å². The van der Waals surface area contributed by atoms with Crippen molar-refractivity contribution in [3.8, 4) is 16.9 Å². The highest BCUT2D eigenvalue weighted by Gasteiger charge is 2.23. The first-order chi connectivity index (χ1) is 10.3. The van der Waals surface area contributed by atoms with Crippen LogP contribution in [-0.2, 0) is 6.42 Å². The van der Waals surface area contributed by atoms with Crippen LogP contribution in [0.4, 0.5) is 0 Å². The second-order valence-corrected chi connectivity index (χ2v) is 5.48. The average Bonchev–Trinajstić information content (AvgIpc) is 2.92. The van der Waals surface area contributed by atoms with Gasteiger partial charge in [-0.15, -0.1) is 0 Å². The van der Waals surface area contributed by atoms with E-state index < -0.39 is 0 Å². The minimum absolute atomic E-state index is 0.514. The third-order valence-corrected chi connectivity index (χ3v) is 4.18. The van der Waals surface area contributed by atoms with Crippen LogP contribution in [0.2, 0.25) is 0 Å². The van der Waals surface area contributed by atoms with E-state index >= 15 is 0 Å². The van der Waals surface area contributed by atoms with E-state index in [4.69, 9.17) is 4.74 Å². The molecule has 0 fully saturated rings. The smallest absolute Gasteiger partial charge is 0.119 e.